The highest BCUT2D eigenvalue weighted by molar-refractivity contribution is 5.79. The minimum atomic E-state index is -1.24. The van der Waals surface area contributed by atoms with E-state index >= 15 is 0 Å². The molecule has 4 rings (SSSR count). The molecule has 1 aliphatic heterocycles. The molecule has 166 valence electrons. The maximum atomic E-state index is 12.1. The summed E-state index contributed by atoms with van der Waals surface area (Å²) in [6.07, 6.45) is 2.27. The minimum absolute atomic E-state index is 0.126. The Morgan fingerprint density at radius 1 is 1.09 bits per heavy atom. The summed E-state index contributed by atoms with van der Waals surface area (Å²) in [6.45, 7) is 0.371. The highest BCUT2D eigenvalue weighted by Gasteiger charge is 2.42. The number of carbonyl (C=O) groups is 2. The van der Waals surface area contributed by atoms with Crippen molar-refractivity contribution in [2.45, 2.75) is 37.8 Å². The molecule has 4 unspecified atom stereocenters. The molecule has 0 aromatic heterocycles. The van der Waals surface area contributed by atoms with Crippen molar-refractivity contribution in [1.82, 2.24) is 4.90 Å². The summed E-state index contributed by atoms with van der Waals surface area (Å²) in [7, 11) is 1.26. The van der Waals surface area contributed by atoms with Crippen LogP contribution in [0.3, 0.4) is 0 Å². The number of amides is 1. The van der Waals surface area contributed by atoms with Crippen LogP contribution < -0.4 is 10.4 Å². The fraction of sp³-hybridized carbons (Fsp3) is 0.400. The number of fused-ring (bicyclic) bond motifs is 1. The van der Waals surface area contributed by atoms with Crippen molar-refractivity contribution in [1.29, 1.82) is 5.26 Å². The number of hydrogen-bond donors (Lipinski definition) is 1. The van der Waals surface area contributed by atoms with E-state index in [9.17, 15) is 20.0 Å². The van der Waals surface area contributed by atoms with Gasteiger partial charge in [-0.3, -0.25) is 4.90 Å². The number of carboxylic acids is 1. The van der Waals surface area contributed by atoms with Crippen LogP contribution in [0.1, 0.15) is 31.2 Å². The van der Waals surface area contributed by atoms with Gasteiger partial charge in [0.15, 0.2) is 0 Å². The van der Waals surface area contributed by atoms with Gasteiger partial charge in [-0.1, -0.05) is 36.4 Å². The molecule has 1 amide bonds. The highest BCUT2D eigenvalue weighted by atomic mass is 16.5. The SMILES string of the molecule is COC(=O)N1CC2CCC(Nc3cc(-c4ccccc4)ccc3C#N)CC2CC1C(=O)[O-]. The van der Waals surface area contributed by atoms with Crippen LogP contribution in [-0.4, -0.2) is 42.7 Å². The lowest BCUT2D eigenvalue weighted by atomic mass is 9.71. The molecule has 7 heteroatoms. The highest BCUT2D eigenvalue weighted by Crippen LogP contribution is 2.40. The van der Waals surface area contributed by atoms with Crippen LogP contribution in [0.4, 0.5) is 10.5 Å². The molecule has 32 heavy (non-hydrogen) atoms. The van der Waals surface area contributed by atoms with E-state index < -0.39 is 18.1 Å². The zero-order valence-electron chi connectivity index (χ0n) is 18.0. The van der Waals surface area contributed by atoms with Gasteiger partial charge in [0.2, 0.25) is 0 Å². The molecule has 1 saturated heterocycles. The quantitative estimate of drug-likeness (QED) is 0.796. The standard InChI is InChI=1S/C25H27N3O4/c1-32-25(31)28-15-19-9-10-21(11-20(19)13-23(28)24(29)30)27-22-12-17(7-8-18(22)14-26)16-5-3-2-4-6-16/h2-8,12,19-21,23,27H,9-11,13,15H2,1H3,(H,29,30)/p-1. The number of likely N-dealkylation sites (tertiary alicyclic amines) is 1. The fourth-order valence-electron chi connectivity index (χ4n) is 5.11. The van der Waals surface area contributed by atoms with Gasteiger partial charge in [-0.25, -0.2) is 4.79 Å². The van der Waals surface area contributed by atoms with Gasteiger partial charge < -0.3 is 20.0 Å². The van der Waals surface area contributed by atoms with Crippen LogP contribution in [0.25, 0.3) is 11.1 Å². The summed E-state index contributed by atoms with van der Waals surface area (Å²) in [4.78, 5) is 25.0. The molecule has 7 nitrogen and oxygen atoms in total. The number of benzene rings is 2. The third-order valence-electron chi connectivity index (χ3n) is 6.76. The second kappa shape index (κ2) is 9.31. The predicted octanol–water partition coefficient (Wildman–Crippen LogP) is 3.01. The Morgan fingerprint density at radius 2 is 1.88 bits per heavy atom. The molecular weight excluding hydrogens is 406 g/mol. The molecule has 2 aliphatic rings. The lowest BCUT2D eigenvalue weighted by Gasteiger charge is -2.47. The summed E-state index contributed by atoms with van der Waals surface area (Å²) in [5, 5.41) is 24.8. The Bertz CT molecular complexity index is 1030. The molecular formula is C25H26N3O4-. The monoisotopic (exact) mass is 432 g/mol. The molecule has 1 aliphatic carbocycles. The van der Waals surface area contributed by atoms with E-state index in [1.54, 1.807) is 0 Å². The number of nitriles is 1. The summed E-state index contributed by atoms with van der Waals surface area (Å²) in [5.74, 6) is -0.854. The van der Waals surface area contributed by atoms with Crippen LogP contribution in [-0.2, 0) is 9.53 Å². The van der Waals surface area contributed by atoms with E-state index in [4.69, 9.17) is 4.74 Å². The molecule has 1 N–H and O–H groups in total. The lowest BCUT2D eigenvalue weighted by Crippen LogP contribution is -2.58. The Hall–Kier alpha value is -3.53. The van der Waals surface area contributed by atoms with Gasteiger partial charge in [-0.2, -0.15) is 5.26 Å². The molecule has 0 spiro atoms. The van der Waals surface area contributed by atoms with Crippen molar-refractivity contribution >= 4 is 17.7 Å². The van der Waals surface area contributed by atoms with Crippen LogP contribution in [0.2, 0.25) is 0 Å². The second-order valence-electron chi connectivity index (χ2n) is 8.61. The summed E-state index contributed by atoms with van der Waals surface area (Å²) in [6, 6.07) is 17.2. The minimum Gasteiger partial charge on any atom is -0.548 e. The Balaban J connectivity index is 1.50. The first kappa shape index (κ1) is 21.7. The van der Waals surface area contributed by atoms with Crippen LogP contribution in [0.5, 0.6) is 0 Å². The number of anilines is 1. The molecule has 0 radical (unpaired) electrons. The van der Waals surface area contributed by atoms with Crippen molar-refractivity contribution in [3.05, 3.63) is 54.1 Å². The van der Waals surface area contributed by atoms with Crippen LogP contribution in [0.15, 0.2) is 48.5 Å². The summed E-state index contributed by atoms with van der Waals surface area (Å²) >= 11 is 0. The smallest absolute Gasteiger partial charge is 0.410 e. The average Bonchev–Trinajstić information content (AvgIpc) is 2.83. The normalized spacial score (nSPS) is 24.7. The third-order valence-corrected chi connectivity index (χ3v) is 6.76. The maximum Gasteiger partial charge on any atom is 0.410 e. The van der Waals surface area contributed by atoms with Gasteiger partial charge in [0.25, 0.3) is 0 Å². The number of carbonyl (C=O) groups excluding carboxylic acids is 2. The molecule has 0 bridgehead atoms. The number of nitrogens with zero attached hydrogens (tertiary/aromatic N) is 2. The molecule has 1 heterocycles. The number of aliphatic carboxylic acids is 1. The number of ether oxygens (including phenoxy) is 1. The predicted molar refractivity (Wildman–Crippen MR) is 117 cm³/mol. The summed E-state index contributed by atoms with van der Waals surface area (Å²) in [5.41, 5.74) is 3.49. The van der Waals surface area contributed by atoms with E-state index in [0.717, 1.165) is 36.1 Å². The van der Waals surface area contributed by atoms with Gasteiger partial charge >= 0.3 is 6.09 Å². The molecule has 2 aromatic carbocycles. The first-order valence-electron chi connectivity index (χ1n) is 10.9. The number of piperidine rings is 1. The van der Waals surface area contributed by atoms with Gasteiger partial charge in [0.1, 0.15) is 6.07 Å². The lowest BCUT2D eigenvalue weighted by molar-refractivity contribution is -0.312. The third kappa shape index (κ3) is 4.40. The number of rotatable bonds is 4. The van der Waals surface area contributed by atoms with E-state index in [-0.39, 0.29) is 17.9 Å². The van der Waals surface area contributed by atoms with Gasteiger partial charge in [-0.15, -0.1) is 0 Å². The number of nitrogens with one attached hydrogen (secondary N) is 1. The molecule has 2 aromatic rings. The van der Waals surface area contributed by atoms with Gasteiger partial charge in [0.05, 0.1) is 30.4 Å². The van der Waals surface area contributed by atoms with Gasteiger partial charge in [0, 0.05) is 12.6 Å². The van der Waals surface area contributed by atoms with Crippen molar-refractivity contribution in [2.24, 2.45) is 11.8 Å². The molecule has 1 saturated carbocycles. The zero-order valence-corrected chi connectivity index (χ0v) is 18.0. The largest absolute Gasteiger partial charge is 0.548 e. The molecule has 4 atom stereocenters. The Kier molecular flexibility index (Phi) is 6.31. The first-order chi connectivity index (χ1) is 15.5. The zero-order chi connectivity index (χ0) is 22.7. The van der Waals surface area contributed by atoms with E-state index in [0.29, 0.717) is 18.5 Å². The van der Waals surface area contributed by atoms with Crippen LogP contribution >= 0.6 is 0 Å². The van der Waals surface area contributed by atoms with Crippen molar-refractivity contribution in [3.63, 3.8) is 0 Å². The summed E-state index contributed by atoms with van der Waals surface area (Å²) < 4.78 is 4.78. The van der Waals surface area contributed by atoms with Crippen molar-refractivity contribution in [3.8, 4) is 17.2 Å². The number of carboxylic acid groups (broad SMARTS) is 1. The maximum absolute atomic E-state index is 12.1. The number of hydrogen-bond acceptors (Lipinski definition) is 6. The second-order valence-corrected chi connectivity index (χ2v) is 8.61. The Morgan fingerprint density at radius 3 is 2.56 bits per heavy atom. The first-order valence-corrected chi connectivity index (χ1v) is 10.9. The Labute approximate surface area is 187 Å². The van der Waals surface area contributed by atoms with E-state index in [1.807, 2.05) is 48.5 Å². The number of methoxy groups -OCH3 is 1. The topological polar surface area (TPSA) is 105 Å². The van der Waals surface area contributed by atoms with E-state index in [2.05, 4.69) is 11.4 Å². The van der Waals surface area contributed by atoms with Crippen molar-refractivity contribution < 1.29 is 19.4 Å². The van der Waals surface area contributed by atoms with Crippen LogP contribution in [0, 0.1) is 23.2 Å². The average molecular weight is 433 g/mol. The fourth-order valence-corrected chi connectivity index (χ4v) is 5.11. The molecule has 2 fully saturated rings. The van der Waals surface area contributed by atoms with Gasteiger partial charge in [-0.05, 0) is 60.8 Å². The van der Waals surface area contributed by atoms with E-state index in [1.165, 1.54) is 12.0 Å². The van der Waals surface area contributed by atoms with Crippen molar-refractivity contribution in [2.75, 3.05) is 19.0 Å².